The molecule has 0 aliphatic carbocycles. The highest BCUT2D eigenvalue weighted by Crippen LogP contribution is 2.08. The lowest BCUT2D eigenvalue weighted by Gasteiger charge is -2.12. The van der Waals surface area contributed by atoms with Gasteiger partial charge in [0.2, 0.25) is 5.91 Å². The largest absolute Gasteiger partial charge is 0.459 e. The first-order valence-corrected chi connectivity index (χ1v) is 9.65. The minimum Gasteiger partial charge on any atom is -0.459 e. The molecule has 6 heteroatoms. The van der Waals surface area contributed by atoms with Crippen LogP contribution in [0, 0.1) is 5.92 Å². The highest BCUT2D eigenvalue weighted by Gasteiger charge is 2.14. The number of rotatable bonds is 12. The fourth-order valence-electron chi connectivity index (χ4n) is 2.63. The van der Waals surface area contributed by atoms with E-state index in [1.165, 1.54) is 0 Å². The molecule has 2 aromatic carbocycles. The van der Waals surface area contributed by atoms with Crippen LogP contribution in [0.3, 0.4) is 0 Å². The van der Waals surface area contributed by atoms with E-state index in [9.17, 15) is 14.4 Å². The highest BCUT2D eigenvalue weighted by atomic mass is 16.6. The zero-order chi connectivity index (χ0) is 20.9. The Morgan fingerprint density at radius 3 is 2.21 bits per heavy atom. The van der Waals surface area contributed by atoms with E-state index in [-0.39, 0.29) is 50.4 Å². The van der Waals surface area contributed by atoms with Gasteiger partial charge in [-0.3, -0.25) is 9.59 Å². The van der Waals surface area contributed by atoms with Crippen molar-refractivity contribution in [1.29, 1.82) is 0 Å². The van der Waals surface area contributed by atoms with Crippen molar-refractivity contribution in [1.82, 2.24) is 5.32 Å². The Labute approximate surface area is 171 Å². The lowest BCUT2D eigenvalue weighted by atomic mass is 10.0. The number of esters is 1. The van der Waals surface area contributed by atoms with Gasteiger partial charge in [-0.05, 0) is 17.5 Å². The molecule has 0 aliphatic heterocycles. The van der Waals surface area contributed by atoms with Gasteiger partial charge in [0.1, 0.15) is 13.2 Å². The summed E-state index contributed by atoms with van der Waals surface area (Å²) in [5.41, 5.74) is 1.97. The molecule has 0 fully saturated rings. The standard InChI is InChI=1S/C23H27NO5/c1-18(14-19-8-4-2-5-9-19)23(27)24-15-21(25)12-13-28-17-22(26)29-16-20-10-6-3-7-11-20/h2-11,18H,12-17H2,1H3,(H,24,27)/t18-/m0/s1. The maximum Gasteiger partial charge on any atom is 0.332 e. The van der Waals surface area contributed by atoms with Crippen LogP contribution in [0.4, 0.5) is 0 Å². The van der Waals surface area contributed by atoms with Crippen LogP contribution < -0.4 is 5.32 Å². The molecule has 0 unspecified atom stereocenters. The third-order valence-corrected chi connectivity index (χ3v) is 4.28. The molecule has 0 spiro atoms. The average molecular weight is 397 g/mol. The molecule has 0 aliphatic rings. The van der Waals surface area contributed by atoms with Crippen LogP contribution in [0.15, 0.2) is 60.7 Å². The fourth-order valence-corrected chi connectivity index (χ4v) is 2.63. The second-order valence-corrected chi connectivity index (χ2v) is 6.80. The van der Waals surface area contributed by atoms with Gasteiger partial charge >= 0.3 is 5.97 Å². The van der Waals surface area contributed by atoms with Gasteiger partial charge in [0.15, 0.2) is 5.78 Å². The Hall–Kier alpha value is -2.99. The first kappa shape index (κ1) is 22.3. The Morgan fingerprint density at radius 2 is 1.55 bits per heavy atom. The number of ether oxygens (including phenoxy) is 2. The molecule has 29 heavy (non-hydrogen) atoms. The van der Waals surface area contributed by atoms with Gasteiger partial charge in [-0.2, -0.15) is 0 Å². The van der Waals surface area contributed by atoms with Gasteiger partial charge in [0, 0.05) is 12.3 Å². The molecule has 0 heterocycles. The molecule has 1 N–H and O–H groups in total. The van der Waals surface area contributed by atoms with Gasteiger partial charge in [-0.1, -0.05) is 67.6 Å². The maximum atomic E-state index is 12.1. The van der Waals surface area contributed by atoms with Crippen LogP contribution in [0.5, 0.6) is 0 Å². The number of benzene rings is 2. The minimum atomic E-state index is -0.482. The van der Waals surface area contributed by atoms with Crippen LogP contribution in [-0.2, 0) is 36.9 Å². The Balaban J connectivity index is 1.53. The summed E-state index contributed by atoms with van der Waals surface area (Å²) in [7, 11) is 0. The number of hydrogen-bond acceptors (Lipinski definition) is 5. The molecule has 0 saturated heterocycles. The van der Waals surface area contributed by atoms with E-state index in [4.69, 9.17) is 9.47 Å². The first-order chi connectivity index (χ1) is 14.0. The number of Topliss-reactive ketones (excluding diaryl/α,β-unsaturated/α-hetero) is 1. The van der Waals surface area contributed by atoms with Crippen molar-refractivity contribution < 1.29 is 23.9 Å². The van der Waals surface area contributed by atoms with Crippen molar-refractivity contribution >= 4 is 17.7 Å². The molecule has 2 aromatic rings. The number of carbonyl (C=O) groups excluding carboxylic acids is 3. The monoisotopic (exact) mass is 397 g/mol. The van der Waals surface area contributed by atoms with E-state index in [1.807, 2.05) is 67.6 Å². The summed E-state index contributed by atoms with van der Waals surface area (Å²) in [6.45, 7) is 1.88. The second kappa shape index (κ2) is 12.5. The summed E-state index contributed by atoms with van der Waals surface area (Å²) >= 11 is 0. The molecule has 6 nitrogen and oxygen atoms in total. The lowest BCUT2D eigenvalue weighted by molar-refractivity contribution is -0.150. The molecule has 154 valence electrons. The predicted octanol–water partition coefficient (Wildman–Crippen LogP) is 2.70. The molecule has 0 radical (unpaired) electrons. The van der Waals surface area contributed by atoms with Crippen molar-refractivity contribution in [2.75, 3.05) is 19.8 Å². The smallest absolute Gasteiger partial charge is 0.332 e. The van der Waals surface area contributed by atoms with Crippen molar-refractivity contribution in [3.05, 3.63) is 71.8 Å². The second-order valence-electron chi connectivity index (χ2n) is 6.80. The molecule has 0 aromatic heterocycles. The first-order valence-electron chi connectivity index (χ1n) is 9.65. The minimum absolute atomic E-state index is 0.0419. The van der Waals surface area contributed by atoms with E-state index < -0.39 is 5.97 Å². The van der Waals surface area contributed by atoms with Crippen molar-refractivity contribution in [3.63, 3.8) is 0 Å². The summed E-state index contributed by atoms with van der Waals surface area (Å²) in [4.78, 5) is 35.6. The number of amides is 1. The van der Waals surface area contributed by atoms with Crippen LogP contribution in [0.25, 0.3) is 0 Å². The normalized spacial score (nSPS) is 11.5. The third-order valence-electron chi connectivity index (χ3n) is 4.28. The SMILES string of the molecule is C[C@@H](Cc1ccccc1)C(=O)NCC(=O)CCOCC(=O)OCc1ccccc1. The van der Waals surface area contributed by atoms with E-state index in [0.717, 1.165) is 11.1 Å². The fraction of sp³-hybridized carbons (Fsp3) is 0.348. The van der Waals surface area contributed by atoms with Crippen LogP contribution in [-0.4, -0.2) is 37.4 Å². The topological polar surface area (TPSA) is 81.7 Å². The van der Waals surface area contributed by atoms with Gasteiger partial charge in [0.05, 0.1) is 13.2 Å². The molecule has 2 rings (SSSR count). The summed E-state index contributed by atoms with van der Waals surface area (Å²) < 4.78 is 10.3. The van der Waals surface area contributed by atoms with Crippen molar-refractivity contribution in [2.24, 2.45) is 5.92 Å². The van der Waals surface area contributed by atoms with Gasteiger partial charge < -0.3 is 14.8 Å². The van der Waals surface area contributed by atoms with E-state index >= 15 is 0 Å². The Bertz CT molecular complexity index is 776. The summed E-state index contributed by atoms with van der Waals surface area (Å²) in [6.07, 6.45) is 0.744. The van der Waals surface area contributed by atoms with Crippen molar-refractivity contribution in [2.45, 2.75) is 26.4 Å². The average Bonchev–Trinajstić information content (AvgIpc) is 2.75. The number of hydrogen-bond donors (Lipinski definition) is 1. The zero-order valence-corrected chi connectivity index (χ0v) is 16.6. The lowest BCUT2D eigenvalue weighted by Crippen LogP contribution is -2.34. The van der Waals surface area contributed by atoms with Crippen LogP contribution >= 0.6 is 0 Å². The third kappa shape index (κ3) is 9.17. The predicted molar refractivity (Wildman–Crippen MR) is 109 cm³/mol. The quantitative estimate of drug-likeness (QED) is 0.440. The molecule has 1 amide bonds. The number of nitrogens with one attached hydrogen (secondary N) is 1. The Morgan fingerprint density at radius 1 is 0.931 bits per heavy atom. The van der Waals surface area contributed by atoms with Crippen LogP contribution in [0.1, 0.15) is 24.5 Å². The van der Waals surface area contributed by atoms with E-state index in [1.54, 1.807) is 0 Å². The van der Waals surface area contributed by atoms with Gasteiger partial charge in [0.25, 0.3) is 0 Å². The van der Waals surface area contributed by atoms with Crippen molar-refractivity contribution in [3.8, 4) is 0 Å². The Kier molecular flexibility index (Phi) is 9.59. The summed E-state index contributed by atoms with van der Waals surface area (Å²) in [6, 6.07) is 19.1. The van der Waals surface area contributed by atoms with Gasteiger partial charge in [-0.25, -0.2) is 4.79 Å². The van der Waals surface area contributed by atoms with E-state index in [0.29, 0.717) is 6.42 Å². The molecule has 1 atom stereocenters. The maximum absolute atomic E-state index is 12.1. The molecule has 0 saturated carbocycles. The number of carbonyl (C=O) groups is 3. The zero-order valence-electron chi connectivity index (χ0n) is 16.6. The molecular weight excluding hydrogens is 370 g/mol. The van der Waals surface area contributed by atoms with Gasteiger partial charge in [-0.15, -0.1) is 0 Å². The summed E-state index contributed by atoms with van der Waals surface area (Å²) in [5, 5.41) is 2.65. The molecule has 0 bridgehead atoms. The highest BCUT2D eigenvalue weighted by molar-refractivity contribution is 5.87. The summed E-state index contributed by atoms with van der Waals surface area (Å²) in [5.74, 6) is -1.01. The molecular formula is C23H27NO5. The van der Waals surface area contributed by atoms with Crippen LogP contribution in [0.2, 0.25) is 0 Å². The number of ketones is 1. The van der Waals surface area contributed by atoms with E-state index in [2.05, 4.69) is 5.32 Å².